The average molecular weight is 570 g/mol. The molecular weight excluding hydrogens is 530 g/mol. The van der Waals surface area contributed by atoms with Crippen molar-refractivity contribution in [3.63, 3.8) is 0 Å². The van der Waals surface area contributed by atoms with Crippen LogP contribution in [-0.2, 0) is 9.53 Å². The van der Waals surface area contributed by atoms with Crippen LogP contribution in [0.3, 0.4) is 0 Å². The number of amides is 3. The minimum atomic E-state index is -0.330. The first-order valence-corrected chi connectivity index (χ1v) is 14.8. The number of nitrogens with one attached hydrogen (secondary N) is 3. The zero-order valence-electron chi connectivity index (χ0n) is 23.9. The molecule has 0 spiro atoms. The van der Waals surface area contributed by atoms with E-state index in [1.54, 1.807) is 18.2 Å². The normalized spacial score (nSPS) is 15.7. The number of hydrogen-bond donors (Lipinski definition) is 3. The highest BCUT2D eigenvalue weighted by Gasteiger charge is 2.20. The molecule has 2 fully saturated rings. The Balaban J connectivity index is 1.26. The van der Waals surface area contributed by atoms with Gasteiger partial charge in [0, 0.05) is 30.9 Å². The Morgan fingerprint density at radius 2 is 1.45 bits per heavy atom. The van der Waals surface area contributed by atoms with Crippen molar-refractivity contribution < 1.29 is 19.1 Å². The lowest BCUT2D eigenvalue weighted by Crippen LogP contribution is -2.41. The maximum absolute atomic E-state index is 13.2. The van der Waals surface area contributed by atoms with E-state index in [0.717, 1.165) is 37.2 Å². The van der Waals surface area contributed by atoms with Gasteiger partial charge in [0.05, 0.1) is 31.0 Å². The molecule has 3 amide bonds. The third kappa shape index (κ3) is 8.25. The van der Waals surface area contributed by atoms with E-state index in [1.165, 1.54) is 12.8 Å². The molecule has 2 aliphatic heterocycles. The molecule has 9 heteroatoms. The molecule has 0 radical (unpaired) electrons. The molecule has 0 unspecified atom stereocenters. The highest BCUT2D eigenvalue weighted by atomic mass is 16.5. The Morgan fingerprint density at radius 1 is 0.738 bits per heavy atom. The number of anilines is 2. The van der Waals surface area contributed by atoms with Gasteiger partial charge in [-0.3, -0.25) is 19.3 Å². The van der Waals surface area contributed by atoms with Crippen LogP contribution in [0.1, 0.15) is 40.0 Å². The summed E-state index contributed by atoms with van der Waals surface area (Å²) >= 11 is 0. The van der Waals surface area contributed by atoms with Crippen LogP contribution in [0.4, 0.5) is 11.4 Å². The quantitative estimate of drug-likeness (QED) is 0.301. The molecule has 3 N–H and O–H groups in total. The van der Waals surface area contributed by atoms with Crippen molar-refractivity contribution in [2.24, 2.45) is 0 Å². The number of likely N-dealkylation sites (tertiary alicyclic amines) is 1. The lowest BCUT2D eigenvalue weighted by Gasteiger charge is -2.26. The molecule has 5 rings (SSSR count). The Bertz CT molecular complexity index is 1350. The SMILES string of the molecule is O=C(CN1CCOCC1)Nc1cc(C(=O)Nc2ccc(-c3ccccc3)cc2)ccc1C(=O)NCCCN1CCCC1. The van der Waals surface area contributed by atoms with Crippen LogP contribution in [-0.4, -0.2) is 86.5 Å². The lowest BCUT2D eigenvalue weighted by molar-refractivity contribution is -0.118. The van der Waals surface area contributed by atoms with E-state index in [4.69, 9.17) is 4.74 Å². The Kier molecular flexibility index (Phi) is 10.3. The van der Waals surface area contributed by atoms with Crippen LogP contribution in [0.5, 0.6) is 0 Å². The summed E-state index contributed by atoms with van der Waals surface area (Å²) in [5.41, 5.74) is 3.78. The van der Waals surface area contributed by atoms with Crippen LogP contribution in [0, 0.1) is 0 Å². The Morgan fingerprint density at radius 3 is 2.19 bits per heavy atom. The van der Waals surface area contributed by atoms with Gasteiger partial charge in [0.1, 0.15) is 0 Å². The van der Waals surface area contributed by atoms with E-state index >= 15 is 0 Å². The number of nitrogens with zero attached hydrogens (tertiary/aromatic N) is 2. The van der Waals surface area contributed by atoms with Gasteiger partial charge >= 0.3 is 0 Å². The van der Waals surface area contributed by atoms with Crippen molar-refractivity contribution in [1.82, 2.24) is 15.1 Å². The van der Waals surface area contributed by atoms with Gasteiger partial charge in [0.15, 0.2) is 0 Å². The molecule has 2 aliphatic rings. The summed E-state index contributed by atoms with van der Waals surface area (Å²) in [6, 6.07) is 22.4. The monoisotopic (exact) mass is 569 g/mol. The van der Waals surface area contributed by atoms with Crippen LogP contribution in [0.2, 0.25) is 0 Å². The first kappa shape index (κ1) is 29.4. The van der Waals surface area contributed by atoms with Crippen molar-refractivity contribution in [1.29, 1.82) is 0 Å². The Labute approximate surface area is 247 Å². The van der Waals surface area contributed by atoms with Crippen molar-refractivity contribution in [2.45, 2.75) is 19.3 Å². The van der Waals surface area contributed by atoms with Crippen molar-refractivity contribution in [3.05, 3.63) is 83.9 Å². The van der Waals surface area contributed by atoms with Gasteiger partial charge in [-0.05, 0) is 80.4 Å². The molecule has 0 aliphatic carbocycles. The third-order valence-electron chi connectivity index (χ3n) is 7.66. The van der Waals surface area contributed by atoms with E-state index in [0.29, 0.717) is 55.3 Å². The van der Waals surface area contributed by atoms with Crippen LogP contribution < -0.4 is 16.0 Å². The molecule has 2 heterocycles. The van der Waals surface area contributed by atoms with E-state index < -0.39 is 0 Å². The van der Waals surface area contributed by atoms with E-state index in [-0.39, 0.29) is 24.3 Å². The highest BCUT2D eigenvalue weighted by Crippen LogP contribution is 2.23. The van der Waals surface area contributed by atoms with E-state index in [1.807, 2.05) is 59.5 Å². The molecule has 3 aromatic rings. The number of morpholine rings is 1. The smallest absolute Gasteiger partial charge is 0.255 e. The van der Waals surface area contributed by atoms with Gasteiger partial charge in [-0.15, -0.1) is 0 Å². The fraction of sp³-hybridized carbons (Fsp3) is 0.364. The van der Waals surface area contributed by atoms with Crippen molar-refractivity contribution in [2.75, 3.05) is 69.7 Å². The lowest BCUT2D eigenvalue weighted by atomic mass is 10.1. The number of benzene rings is 3. The maximum atomic E-state index is 13.2. The molecule has 0 saturated carbocycles. The molecule has 0 aromatic heterocycles. The van der Waals surface area contributed by atoms with Crippen LogP contribution in [0.25, 0.3) is 11.1 Å². The van der Waals surface area contributed by atoms with Gasteiger partial charge in [-0.25, -0.2) is 0 Å². The molecule has 0 atom stereocenters. The fourth-order valence-corrected chi connectivity index (χ4v) is 5.32. The zero-order chi connectivity index (χ0) is 29.1. The first-order chi connectivity index (χ1) is 20.5. The number of carbonyl (C=O) groups is 3. The van der Waals surface area contributed by atoms with E-state index in [9.17, 15) is 14.4 Å². The first-order valence-electron chi connectivity index (χ1n) is 14.8. The number of rotatable bonds is 11. The topological polar surface area (TPSA) is 103 Å². The maximum Gasteiger partial charge on any atom is 0.255 e. The molecule has 9 nitrogen and oxygen atoms in total. The van der Waals surface area contributed by atoms with Crippen molar-refractivity contribution in [3.8, 4) is 11.1 Å². The summed E-state index contributed by atoms with van der Waals surface area (Å²) in [6.07, 6.45) is 3.33. The minimum Gasteiger partial charge on any atom is -0.379 e. The second kappa shape index (κ2) is 14.7. The summed E-state index contributed by atoms with van der Waals surface area (Å²) in [5.74, 6) is -0.848. The van der Waals surface area contributed by atoms with Gasteiger partial charge in [-0.1, -0.05) is 42.5 Å². The van der Waals surface area contributed by atoms with Crippen LogP contribution >= 0.6 is 0 Å². The average Bonchev–Trinajstić information content (AvgIpc) is 3.54. The predicted octanol–water partition coefficient (Wildman–Crippen LogP) is 4.09. The summed E-state index contributed by atoms with van der Waals surface area (Å²) < 4.78 is 5.38. The van der Waals surface area contributed by atoms with Crippen molar-refractivity contribution >= 4 is 29.1 Å². The fourth-order valence-electron chi connectivity index (χ4n) is 5.32. The third-order valence-corrected chi connectivity index (χ3v) is 7.66. The van der Waals surface area contributed by atoms with Crippen LogP contribution in [0.15, 0.2) is 72.8 Å². The summed E-state index contributed by atoms with van der Waals surface area (Å²) in [5, 5.41) is 8.79. The molecule has 220 valence electrons. The zero-order valence-corrected chi connectivity index (χ0v) is 23.9. The van der Waals surface area contributed by atoms with Gasteiger partial charge in [-0.2, -0.15) is 0 Å². The molecule has 42 heavy (non-hydrogen) atoms. The molecule has 2 saturated heterocycles. The summed E-state index contributed by atoms with van der Waals surface area (Å²) in [6.45, 7) is 6.42. The molecular formula is C33H39N5O4. The van der Waals surface area contributed by atoms with Gasteiger partial charge in [0.2, 0.25) is 5.91 Å². The molecule has 0 bridgehead atoms. The predicted molar refractivity (Wildman–Crippen MR) is 165 cm³/mol. The van der Waals surface area contributed by atoms with Gasteiger partial charge < -0.3 is 25.6 Å². The summed E-state index contributed by atoms with van der Waals surface area (Å²) in [7, 11) is 0. The second-order valence-electron chi connectivity index (χ2n) is 10.8. The Hall–Kier alpha value is -4.05. The number of carbonyl (C=O) groups excluding carboxylic acids is 3. The largest absolute Gasteiger partial charge is 0.379 e. The number of ether oxygens (including phenoxy) is 1. The highest BCUT2D eigenvalue weighted by molar-refractivity contribution is 6.09. The molecule has 3 aromatic carbocycles. The second-order valence-corrected chi connectivity index (χ2v) is 10.8. The minimum absolute atomic E-state index is 0.185. The van der Waals surface area contributed by atoms with E-state index in [2.05, 4.69) is 20.9 Å². The summed E-state index contributed by atoms with van der Waals surface area (Å²) in [4.78, 5) is 43.7. The van der Waals surface area contributed by atoms with Gasteiger partial charge in [0.25, 0.3) is 11.8 Å². The number of hydrogen-bond acceptors (Lipinski definition) is 6. The standard InChI is InChI=1S/C33H39N5O4/c39-31(24-38-19-21-42-22-20-38)36-30-23-27(11-14-29(30)33(41)34-15-6-18-37-16-4-5-17-37)32(40)35-28-12-9-26(10-13-28)25-7-2-1-3-8-25/h1-3,7-14,23H,4-6,15-22,24H2,(H,34,41)(H,35,40)(H,36,39).